The lowest BCUT2D eigenvalue weighted by atomic mass is 10.0. The Morgan fingerprint density at radius 2 is 1.93 bits per heavy atom. The number of aromatic nitrogens is 3. The van der Waals surface area contributed by atoms with E-state index in [2.05, 4.69) is 36.3 Å². The highest BCUT2D eigenvalue weighted by Gasteiger charge is 2.22. The Morgan fingerprint density at radius 1 is 1.17 bits per heavy atom. The number of hydrogen-bond donors (Lipinski definition) is 1. The maximum atomic E-state index is 13.5. The SMILES string of the molecule is CC(C)CCNc1ncc2cc(Cc3ccccc3)c(=O)n(C3CCCC3)c2n1. The Balaban J connectivity index is 1.75. The standard InChI is InChI=1S/C24H30N4O/c1-17(2)12-13-25-24-26-16-20-15-19(14-18-8-4-3-5-9-18)23(29)28(22(20)27-24)21-10-6-7-11-21/h3-5,8-9,15-17,21H,6-7,10-14H2,1-2H3,(H,25,26,27). The Labute approximate surface area is 172 Å². The summed E-state index contributed by atoms with van der Waals surface area (Å²) in [4.78, 5) is 22.7. The fourth-order valence-corrected chi connectivity index (χ4v) is 4.18. The van der Waals surface area contributed by atoms with Crippen LogP contribution in [0, 0.1) is 5.92 Å². The van der Waals surface area contributed by atoms with Crippen molar-refractivity contribution in [3.63, 3.8) is 0 Å². The minimum atomic E-state index is 0.0973. The molecule has 0 amide bonds. The second-order valence-electron chi connectivity index (χ2n) is 8.53. The van der Waals surface area contributed by atoms with Crippen LogP contribution in [0.2, 0.25) is 0 Å². The van der Waals surface area contributed by atoms with Crippen LogP contribution in [0.15, 0.2) is 47.4 Å². The van der Waals surface area contributed by atoms with Crippen LogP contribution >= 0.6 is 0 Å². The topological polar surface area (TPSA) is 59.8 Å². The van der Waals surface area contributed by atoms with Crippen molar-refractivity contribution < 1.29 is 0 Å². The first-order valence-electron chi connectivity index (χ1n) is 10.8. The summed E-state index contributed by atoms with van der Waals surface area (Å²) in [5.41, 5.74) is 2.83. The van der Waals surface area contributed by atoms with Crippen LogP contribution in [0.25, 0.3) is 11.0 Å². The zero-order chi connectivity index (χ0) is 20.2. The molecule has 1 fully saturated rings. The molecule has 1 saturated carbocycles. The molecule has 0 spiro atoms. The summed E-state index contributed by atoms with van der Waals surface area (Å²) in [7, 11) is 0. The minimum Gasteiger partial charge on any atom is -0.354 e. The number of anilines is 1. The molecule has 152 valence electrons. The zero-order valence-electron chi connectivity index (χ0n) is 17.4. The molecule has 2 aromatic heterocycles. The van der Waals surface area contributed by atoms with Crippen LogP contribution in [-0.4, -0.2) is 21.1 Å². The van der Waals surface area contributed by atoms with E-state index in [0.717, 1.165) is 48.0 Å². The molecule has 5 heteroatoms. The van der Waals surface area contributed by atoms with Crippen LogP contribution in [0.4, 0.5) is 5.95 Å². The molecule has 1 N–H and O–H groups in total. The summed E-state index contributed by atoms with van der Waals surface area (Å²) in [5, 5.41) is 4.26. The molecule has 0 atom stereocenters. The van der Waals surface area contributed by atoms with E-state index in [-0.39, 0.29) is 11.6 Å². The molecular formula is C24H30N4O. The van der Waals surface area contributed by atoms with Crippen LogP contribution in [0.1, 0.15) is 63.1 Å². The summed E-state index contributed by atoms with van der Waals surface area (Å²) < 4.78 is 1.95. The van der Waals surface area contributed by atoms with Crippen molar-refractivity contribution in [2.45, 2.75) is 58.4 Å². The Kier molecular flexibility index (Phi) is 5.93. The van der Waals surface area contributed by atoms with E-state index in [9.17, 15) is 4.79 Å². The molecule has 0 bridgehead atoms. The van der Waals surface area contributed by atoms with Crippen LogP contribution in [-0.2, 0) is 6.42 Å². The molecule has 4 rings (SSSR count). The van der Waals surface area contributed by atoms with Gasteiger partial charge < -0.3 is 5.32 Å². The lowest BCUT2D eigenvalue weighted by Gasteiger charge is -2.18. The average Bonchev–Trinajstić information content (AvgIpc) is 3.23. The Bertz CT molecular complexity index is 1020. The summed E-state index contributed by atoms with van der Waals surface area (Å²) in [5.74, 6) is 1.24. The van der Waals surface area contributed by atoms with Gasteiger partial charge in [-0.1, -0.05) is 57.0 Å². The monoisotopic (exact) mass is 390 g/mol. The van der Waals surface area contributed by atoms with Gasteiger partial charge in [-0.3, -0.25) is 9.36 Å². The third-order valence-electron chi connectivity index (χ3n) is 5.78. The molecule has 1 aromatic carbocycles. The third kappa shape index (κ3) is 4.50. The second-order valence-corrected chi connectivity index (χ2v) is 8.53. The molecular weight excluding hydrogens is 360 g/mol. The van der Waals surface area contributed by atoms with Gasteiger partial charge in [-0.15, -0.1) is 0 Å². The van der Waals surface area contributed by atoms with E-state index in [1.165, 1.54) is 12.8 Å². The largest absolute Gasteiger partial charge is 0.354 e. The maximum Gasteiger partial charge on any atom is 0.256 e. The van der Waals surface area contributed by atoms with Crippen molar-refractivity contribution in [2.24, 2.45) is 5.92 Å². The number of fused-ring (bicyclic) bond motifs is 1. The van der Waals surface area contributed by atoms with Crippen molar-refractivity contribution in [1.82, 2.24) is 14.5 Å². The van der Waals surface area contributed by atoms with E-state index in [1.54, 1.807) is 0 Å². The van der Waals surface area contributed by atoms with E-state index in [1.807, 2.05) is 35.0 Å². The van der Waals surface area contributed by atoms with Crippen LogP contribution < -0.4 is 10.9 Å². The minimum absolute atomic E-state index is 0.0973. The molecule has 2 heterocycles. The number of rotatable bonds is 7. The number of nitrogens with one attached hydrogen (secondary N) is 1. The lowest BCUT2D eigenvalue weighted by molar-refractivity contribution is 0.513. The predicted octanol–water partition coefficient (Wildman–Crippen LogP) is 4.96. The first-order chi connectivity index (χ1) is 14.1. The van der Waals surface area contributed by atoms with Gasteiger partial charge in [0.2, 0.25) is 5.95 Å². The molecule has 5 nitrogen and oxygen atoms in total. The van der Waals surface area contributed by atoms with Crippen molar-refractivity contribution in [3.8, 4) is 0 Å². The van der Waals surface area contributed by atoms with Gasteiger partial charge in [-0.2, -0.15) is 4.98 Å². The number of pyridine rings is 1. The molecule has 29 heavy (non-hydrogen) atoms. The average molecular weight is 391 g/mol. The second kappa shape index (κ2) is 8.76. The maximum absolute atomic E-state index is 13.5. The van der Waals surface area contributed by atoms with Crippen molar-refractivity contribution in [3.05, 3.63) is 64.1 Å². The molecule has 1 aliphatic carbocycles. The van der Waals surface area contributed by atoms with E-state index in [4.69, 9.17) is 4.98 Å². The highest BCUT2D eigenvalue weighted by atomic mass is 16.1. The summed E-state index contributed by atoms with van der Waals surface area (Å²) in [6, 6.07) is 12.4. The van der Waals surface area contributed by atoms with Gasteiger partial charge >= 0.3 is 0 Å². The van der Waals surface area contributed by atoms with E-state index in [0.29, 0.717) is 18.3 Å². The number of nitrogens with zero attached hydrogens (tertiary/aromatic N) is 3. The highest BCUT2D eigenvalue weighted by Crippen LogP contribution is 2.31. The summed E-state index contributed by atoms with van der Waals surface area (Å²) >= 11 is 0. The number of benzene rings is 1. The first-order valence-corrected chi connectivity index (χ1v) is 10.8. The number of hydrogen-bond acceptors (Lipinski definition) is 4. The Morgan fingerprint density at radius 3 is 2.66 bits per heavy atom. The summed E-state index contributed by atoms with van der Waals surface area (Å²) in [6.07, 6.45) is 8.00. The van der Waals surface area contributed by atoms with Gasteiger partial charge in [0, 0.05) is 36.2 Å². The molecule has 3 aromatic rings. The molecule has 0 saturated heterocycles. The molecule has 0 radical (unpaired) electrons. The normalized spacial score (nSPS) is 14.7. The summed E-state index contributed by atoms with van der Waals surface area (Å²) in [6.45, 7) is 5.24. The predicted molar refractivity (Wildman–Crippen MR) is 118 cm³/mol. The van der Waals surface area contributed by atoms with E-state index >= 15 is 0 Å². The molecule has 1 aliphatic rings. The van der Waals surface area contributed by atoms with Gasteiger partial charge in [0.05, 0.1) is 0 Å². The van der Waals surface area contributed by atoms with Crippen molar-refractivity contribution in [2.75, 3.05) is 11.9 Å². The fourth-order valence-electron chi connectivity index (χ4n) is 4.18. The highest BCUT2D eigenvalue weighted by molar-refractivity contribution is 5.76. The quantitative estimate of drug-likeness (QED) is 0.620. The van der Waals surface area contributed by atoms with Crippen LogP contribution in [0.3, 0.4) is 0 Å². The Hall–Kier alpha value is -2.69. The van der Waals surface area contributed by atoms with Crippen LogP contribution in [0.5, 0.6) is 0 Å². The van der Waals surface area contributed by atoms with Gasteiger partial charge in [0.25, 0.3) is 5.56 Å². The van der Waals surface area contributed by atoms with Gasteiger partial charge in [-0.25, -0.2) is 4.98 Å². The van der Waals surface area contributed by atoms with Gasteiger partial charge in [0.15, 0.2) is 0 Å². The van der Waals surface area contributed by atoms with Crippen molar-refractivity contribution in [1.29, 1.82) is 0 Å². The molecule has 0 unspecified atom stereocenters. The fraction of sp³-hybridized carbons (Fsp3) is 0.458. The van der Waals surface area contributed by atoms with E-state index < -0.39 is 0 Å². The molecule has 0 aliphatic heterocycles. The van der Waals surface area contributed by atoms with Gasteiger partial charge in [0.1, 0.15) is 5.65 Å². The first kappa shape index (κ1) is 19.6. The van der Waals surface area contributed by atoms with Gasteiger partial charge in [-0.05, 0) is 36.8 Å². The smallest absolute Gasteiger partial charge is 0.256 e. The zero-order valence-corrected chi connectivity index (χ0v) is 17.4. The lowest BCUT2D eigenvalue weighted by Crippen LogP contribution is -2.28. The van der Waals surface area contributed by atoms with Crippen molar-refractivity contribution >= 4 is 17.0 Å². The third-order valence-corrected chi connectivity index (χ3v) is 5.78.